The summed E-state index contributed by atoms with van der Waals surface area (Å²) in [7, 11) is 0. The number of carbonyl (C=O) groups excluding carboxylic acids is 1. The van der Waals surface area contributed by atoms with Gasteiger partial charge in [-0.3, -0.25) is 4.79 Å². The normalized spacial score (nSPS) is 9.88. The Morgan fingerprint density at radius 1 is 1.38 bits per heavy atom. The second-order valence-corrected chi connectivity index (χ2v) is 3.90. The van der Waals surface area contributed by atoms with Crippen LogP contribution in [0, 0.1) is 0 Å². The zero-order chi connectivity index (χ0) is 11.8. The fraction of sp³-hybridized carbons (Fsp3) is 0.417. The first kappa shape index (κ1) is 12.9. The second-order valence-electron chi connectivity index (χ2n) is 3.05. The van der Waals surface area contributed by atoms with Crippen LogP contribution in [0.2, 0.25) is 0 Å². The largest absolute Gasteiger partial charge is 0.492 e. The Balaban J connectivity index is 2.39. The van der Waals surface area contributed by atoms with E-state index in [2.05, 4.69) is 0 Å². The smallest absolute Gasteiger partial charge is 0.309 e. The van der Waals surface area contributed by atoms with Crippen molar-refractivity contribution in [3.8, 4) is 5.75 Å². The monoisotopic (exact) mass is 240 g/mol. The number of benzene rings is 1. The van der Waals surface area contributed by atoms with E-state index in [1.54, 1.807) is 18.7 Å². The van der Waals surface area contributed by atoms with Crippen LogP contribution in [0.25, 0.3) is 0 Å². The predicted octanol–water partition coefficient (Wildman–Crippen LogP) is 2.74. The Labute approximate surface area is 100 Å². The third-order valence-corrected chi connectivity index (χ3v) is 2.72. The predicted molar refractivity (Wildman–Crippen MR) is 65.0 cm³/mol. The van der Waals surface area contributed by atoms with Crippen LogP contribution in [-0.4, -0.2) is 25.4 Å². The van der Waals surface area contributed by atoms with Crippen LogP contribution in [-0.2, 0) is 9.53 Å². The molecule has 1 rings (SSSR count). The summed E-state index contributed by atoms with van der Waals surface area (Å²) in [6.07, 6.45) is 2.28. The van der Waals surface area contributed by atoms with Crippen molar-refractivity contribution in [1.82, 2.24) is 0 Å². The molecule has 0 N–H and O–H groups in total. The van der Waals surface area contributed by atoms with Crippen LogP contribution in [0.15, 0.2) is 29.2 Å². The molecule has 0 saturated carbocycles. The molecular formula is C12H16O3S. The van der Waals surface area contributed by atoms with Crippen molar-refractivity contribution >= 4 is 17.7 Å². The van der Waals surface area contributed by atoms with Gasteiger partial charge in [0.15, 0.2) is 0 Å². The SMILES string of the molecule is CCOC(=O)CCOc1ccccc1SC. The molecule has 0 bridgehead atoms. The zero-order valence-electron chi connectivity index (χ0n) is 9.56. The maximum absolute atomic E-state index is 11.1. The summed E-state index contributed by atoms with van der Waals surface area (Å²) in [6, 6.07) is 7.77. The van der Waals surface area contributed by atoms with Crippen molar-refractivity contribution < 1.29 is 14.3 Å². The van der Waals surface area contributed by atoms with E-state index in [-0.39, 0.29) is 12.4 Å². The summed E-state index contributed by atoms with van der Waals surface area (Å²) in [6.45, 7) is 2.57. The second kappa shape index (κ2) is 7.17. The molecule has 0 radical (unpaired) electrons. The molecular weight excluding hydrogens is 224 g/mol. The van der Waals surface area contributed by atoms with E-state index in [9.17, 15) is 4.79 Å². The average Bonchev–Trinajstić information content (AvgIpc) is 2.30. The molecule has 0 unspecified atom stereocenters. The quantitative estimate of drug-likeness (QED) is 0.566. The maximum atomic E-state index is 11.1. The highest BCUT2D eigenvalue weighted by molar-refractivity contribution is 7.98. The highest BCUT2D eigenvalue weighted by Crippen LogP contribution is 2.26. The number of para-hydroxylation sites is 1. The summed E-state index contributed by atoms with van der Waals surface area (Å²) < 4.78 is 10.3. The molecule has 0 spiro atoms. The van der Waals surface area contributed by atoms with Gasteiger partial charge in [0.05, 0.1) is 19.6 Å². The Morgan fingerprint density at radius 2 is 2.12 bits per heavy atom. The first-order valence-electron chi connectivity index (χ1n) is 5.19. The van der Waals surface area contributed by atoms with E-state index < -0.39 is 0 Å². The molecule has 0 aromatic heterocycles. The molecule has 0 aliphatic heterocycles. The van der Waals surface area contributed by atoms with E-state index in [1.807, 2.05) is 30.5 Å². The topological polar surface area (TPSA) is 35.5 Å². The first-order valence-corrected chi connectivity index (χ1v) is 6.41. The lowest BCUT2D eigenvalue weighted by atomic mass is 10.3. The van der Waals surface area contributed by atoms with Crippen molar-refractivity contribution in [3.63, 3.8) is 0 Å². The summed E-state index contributed by atoms with van der Waals surface area (Å²) in [5.41, 5.74) is 0. The molecule has 16 heavy (non-hydrogen) atoms. The number of hydrogen-bond donors (Lipinski definition) is 0. The molecule has 0 amide bonds. The van der Waals surface area contributed by atoms with Gasteiger partial charge in [-0.15, -0.1) is 11.8 Å². The van der Waals surface area contributed by atoms with Gasteiger partial charge in [0, 0.05) is 4.90 Å². The van der Waals surface area contributed by atoms with Crippen molar-refractivity contribution in [2.24, 2.45) is 0 Å². The number of hydrogen-bond acceptors (Lipinski definition) is 4. The van der Waals surface area contributed by atoms with Crippen LogP contribution in [0.3, 0.4) is 0 Å². The van der Waals surface area contributed by atoms with Crippen LogP contribution in [0.1, 0.15) is 13.3 Å². The van der Waals surface area contributed by atoms with E-state index in [1.165, 1.54) is 0 Å². The lowest BCUT2D eigenvalue weighted by Crippen LogP contribution is -2.09. The Bertz CT molecular complexity index is 339. The Hall–Kier alpha value is -1.16. The first-order chi connectivity index (χ1) is 7.77. The fourth-order valence-corrected chi connectivity index (χ4v) is 1.76. The molecule has 1 aromatic carbocycles. The van der Waals surface area contributed by atoms with Crippen LogP contribution in [0.4, 0.5) is 0 Å². The van der Waals surface area contributed by atoms with Gasteiger partial charge in [0.25, 0.3) is 0 Å². The third kappa shape index (κ3) is 4.14. The molecule has 1 aromatic rings. The highest BCUT2D eigenvalue weighted by Gasteiger charge is 2.04. The molecule has 3 nitrogen and oxygen atoms in total. The van der Waals surface area contributed by atoms with Crippen LogP contribution < -0.4 is 4.74 Å². The van der Waals surface area contributed by atoms with Gasteiger partial charge in [-0.1, -0.05) is 12.1 Å². The standard InChI is InChI=1S/C12H16O3S/c1-3-14-12(13)8-9-15-10-6-4-5-7-11(10)16-2/h4-7H,3,8-9H2,1-2H3. The molecule has 0 aliphatic carbocycles. The molecule has 0 aliphatic rings. The molecule has 0 fully saturated rings. The van der Waals surface area contributed by atoms with Gasteiger partial charge in [-0.05, 0) is 25.3 Å². The third-order valence-electron chi connectivity index (χ3n) is 1.94. The minimum Gasteiger partial charge on any atom is -0.492 e. The highest BCUT2D eigenvalue weighted by atomic mass is 32.2. The average molecular weight is 240 g/mol. The van der Waals surface area contributed by atoms with Gasteiger partial charge >= 0.3 is 5.97 Å². The maximum Gasteiger partial charge on any atom is 0.309 e. The number of esters is 1. The molecule has 88 valence electrons. The van der Waals surface area contributed by atoms with Crippen molar-refractivity contribution in [3.05, 3.63) is 24.3 Å². The minimum absolute atomic E-state index is 0.218. The van der Waals surface area contributed by atoms with Crippen LogP contribution in [0.5, 0.6) is 5.75 Å². The molecule has 4 heteroatoms. The molecule has 0 atom stereocenters. The van der Waals surface area contributed by atoms with Gasteiger partial charge < -0.3 is 9.47 Å². The lowest BCUT2D eigenvalue weighted by molar-refractivity contribution is -0.143. The number of carbonyl (C=O) groups is 1. The Morgan fingerprint density at radius 3 is 2.81 bits per heavy atom. The van der Waals surface area contributed by atoms with E-state index in [0.717, 1.165) is 10.6 Å². The van der Waals surface area contributed by atoms with Gasteiger partial charge in [-0.25, -0.2) is 0 Å². The van der Waals surface area contributed by atoms with E-state index in [0.29, 0.717) is 13.2 Å². The van der Waals surface area contributed by atoms with E-state index in [4.69, 9.17) is 9.47 Å². The summed E-state index contributed by atoms with van der Waals surface area (Å²) in [5.74, 6) is 0.600. The molecule has 0 saturated heterocycles. The lowest BCUT2D eigenvalue weighted by Gasteiger charge is -2.09. The summed E-state index contributed by atoms with van der Waals surface area (Å²) in [4.78, 5) is 12.2. The van der Waals surface area contributed by atoms with E-state index >= 15 is 0 Å². The summed E-state index contributed by atoms with van der Waals surface area (Å²) in [5, 5.41) is 0. The number of ether oxygens (including phenoxy) is 2. The Kier molecular flexibility index (Phi) is 5.78. The number of rotatable bonds is 6. The summed E-state index contributed by atoms with van der Waals surface area (Å²) >= 11 is 1.62. The van der Waals surface area contributed by atoms with Crippen LogP contribution >= 0.6 is 11.8 Å². The minimum atomic E-state index is -0.218. The van der Waals surface area contributed by atoms with Crippen molar-refractivity contribution in [2.45, 2.75) is 18.2 Å². The van der Waals surface area contributed by atoms with Crippen molar-refractivity contribution in [1.29, 1.82) is 0 Å². The molecule has 0 heterocycles. The van der Waals surface area contributed by atoms with Gasteiger partial charge in [0.1, 0.15) is 5.75 Å². The number of thioether (sulfide) groups is 1. The van der Waals surface area contributed by atoms with Gasteiger partial charge in [-0.2, -0.15) is 0 Å². The van der Waals surface area contributed by atoms with Gasteiger partial charge in [0.2, 0.25) is 0 Å². The van der Waals surface area contributed by atoms with Crippen molar-refractivity contribution in [2.75, 3.05) is 19.5 Å². The fourth-order valence-electron chi connectivity index (χ4n) is 1.22. The zero-order valence-corrected chi connectivity index (χ0v) is 10.4.